The fourth-order valence-electron chi connectivity index (χ4n) is 1.74. The first-order valence-corrected chi connectivity index (χ1v) is 6.61. The Morgan fingerprint density at radius 1 is 1.35 bits per heavy atom. The van der Waals surface area contributed by atoms with Crippen LogP contribution in [0.2, 0.25) is 0 Å². The zero-order valence-corrected chi connectivity index (χ0v) is 12.8. The molecule has 0 aromatic heterocycles. The van der Waals surface area contributed by atoms with E-state index in [0.717, 1.165) is 15.8 Å². The lowest BCUT2D eigenvalue weighted by Crippen LogP contribution is -2.22. The number of hydrogen-bond donors (Lipinski definition) is 1. The van der Waals surface area contributed by atoms with Gasteiger partial charge in [-0.15, -0.1) is 0 Å². The maximum atomic E-state index is 9.45. The average Bonchev–Trinajstić information content (AvgIpc) is 2.27. The van der Waals surface area contributed by atoms with Crippen molar-refractivity contribution in [3.8, 4) is 5.75 Å². The molecule has 1 rings (SSSR count). The summed E-state index contributed by atoms with van der Waals surface area (Å²) in [6.45, 7) is 8.47. The summed E-state index contributed by atoms with van der Waals surface area (Å²) in [7, 11) is 1.68. The highest BCUT2D eigenvalue weighted by molar-refractivity contribution is 9.10. The van der Waals surface area contributed by atoms with E-state index in [4.69, 9.17) is 4.74 Å². The molecule has 1 aromatic carbocycles. The van der Waals surface area contributed by atoms with Crippen molar-refractivity contribution in [1.29, 1.82) is 0 Å². The molecule has 1 N–H and O–H groups in total. The Kier molecular flexibility index (Phi) is 4.62. The molecule has 0 amide bonds. The summed E-state index contributed by atoms with van der Waals surface area (Å²) in [5.74, 6) is 1.27. The molecule has 0 spiro atoms. The Labute approximate surface area is 112 Å². The number of aliphatic hydroxyl groups is 1. The molecular formula is C14H21BrO2. The molecule has 0 unspecified atom stereocenters. The third kappa shape index (κ3) is 3.02. The van der Waals surface area contributed by atoms with Crippen LogP contribution in [0.5, 0.6) is 5.75 Å². The molecule has 0 aliphatic heterocycles. The van der Waals surface area contributed by atoms with Gasteiger partial charge in [-0.2, -0.15) is 0 Å². The smallest absolute Gasteiger partial charge is 0.136 e. The van der Waals surface area contributed by atoms with Gasteiger partial charge in [-0.1, -0.05) is 33.8 Å². The molecule has 0 bridgehead atoms. The third-order valence-corrected chi connectivity index (χ3v) is 3.66. The summed E-state index contributed by atoms with van der Waals surface area (Å²) >= 11 is 3.54. The number of rotatable bonds is 4. The van der Waals surface area contributed by atoms with Gasteiger partial charge in [0.05, 0.1) is 18.2 Å². The van der Waals surface area contributed by atoms with E-state index in [1.165, 1.54) is 5.56 Å². The van der Waals surface area contributed by atoms with Crippen molar-refractivity contribution in [2.24, 2.45) is 0 Å². The highest BCUT2D eigenvalue weighted by Crippen LogP contribution is 2.38. The fourth-order valence-corrected chi connectivity index (χ4v) is 2.38. The van der Waals surface area contributed by atoms with Crippen molar-refractivity contribution in [2.75, 3.05) is 13.7 Å². The first-order chi connectivity index (χ1) is 7.83. The van der Waals surface area contributed by atoms with E-state index in [2.05, 4.69) is 35.8 Å². The molecule has 3 heteroatoms. The Morgan fingerprint density at radius 3 is 2.35 bits per heavy atom. The van der Waals surface area contributed by atoms with E-state index < -0.39 is 0 Å². The Morgan fingerprint density at radius 2 is 1.94 bits per heavy atom. The maximum absolute atomic E-state index is 9.45. The Bertz CT molecular complexity index is 397. The van der Waals surface area contributed by atoms with Crippen molar-refractivity contribution in [2.45, 2.75) is 39.0 Å². The molecular weight excluding hydrogens is 280 g/mol. The van der Waals surface area contributed by atoms with Gasteiger partial charge >= 0.3 is 0 Å². The number of halogens is 1. The second-order valence-electron chi connectivity index (χ2n) is 5.28. The molecule has 0 saturated heterocycles. The average molecular weight is 301 g/mol. The summed E-state index contributed by atoms with van der Waals surface area (Å²) in [4.78, 5) is 0. The maximum Gasteiger partial charge on any atom is 0.136 e. The predicted octanol–water partition coefficient (Wildman–Crippen LogP) is 3.85. The standard InChI is InChI=1S/C14H21BrO2/c1-9(2)11-6-10(14(3,4)8-16)7-12(15)13(11)17-5/h6-7,9,16H,8H2,1-5H3. The number of ether oxygens (including phenoxy) is 1. The number of benzene rings is 1. The molecule has 0 radical (unpaired) electrons. The van der Waals surface area contributed by atoms with Crippen LogP contribution in [0.1, 0.15) is 44.7 Å². The van der Waals surface area contributed by atoms with Crippen LogP contribution < -0.4 is 4.74 Å². The molecule has 0 aliphatic rings. The Balaban J connectivity index is 3.39. The third-order valence-electron chi connectivity index (χ3n) is 3.08. The van der Waals surface area contributed by atoms with Crippen molar-refractivity contribution in [1.82, 2.24) is 0 Å². The predicted molar refractivity (Wildman–Crippen MR) is 74.9 cm³/mol. The molecule has 0 saturated carbocycles. The molecule has 0 fully saturated rings. The van der Waals surface area contributed by atoms with Gasteiger partial charge in [-0.25, -0.2) is 0 Å². The number of hydrogen-bond acceptors (Lipinski definition) is 2. The first kappa shape index (κ1) is 14.5. The van der Waals surface area contributed by atoms with Gasteiger partial charge in [-0.3, -0.25) is 0 Å². The van der Waals surface area contributed by atoms with Gasteiger partial charge in [-0.05, 0) is 39.0 Å². The molecule has 96 valence electrons. The summed E-state index contributed by atoms with van der Waals surface area (Å²) < 4.78 is 6.38. The fraction of sp³-hybridized carbons (Fsp3) is 0.571. The van der Waals surface area contributed by atoms with E-state index in [-0.39, 0.29) is 12.0 Å². The van der Waals surface area contributed by atoms with Crippen molar-refractivity contribution in [3.05, 3.63) is 27.7 Å². The molecule has 0 aliphatic carbocycles. The largest absolute Gasteiger partial charge is 0.495 e. The molecule has 17 heavy (non-hydrogen) atoms. The van der Waals surface area contributed by atoms with Crippen LogP contribution in [0.4, 0.5) is 0 Å². The monoisotopic (exact) mass is 300 g/mol. The van der Waals surface area contributed by atoms with Crippen LogP contribution in [0.15, 0.2) is 16.6 Å². The summed E-state index contributed by atoms with van der Waals surface area (Å²) in [6, 6.07) is 4.16. The lowest BCUT2D eigenvalue weighted by atomic mass is 9.83. The first-order valence-electron chi connectivity index (χ1n) is 5.82. The van der Waals surface area contributed by atoms with Crippen molar-refractivity contribution >= 4 is 15.9 Å². The van der Waals surface area contributed by atoms with E-state index in [1.54, 1.807) is 7.11 Å². The minimum Gasteiger partial charge on any atom is -0.495 e. The van der Waals surface area contributed by atoms with Crippen LogP contribution >= 0.6 is 15.9 Å². The highest BCUT2D eigenvalue weighted by atomic mass is 79.9. The molecule has 2 nitrogen and oxygen atoms in total. The zero-order chi connectivity index (χ0) is 13.2. The van der Waals surface area contributed by atoms with E-state index in [9.17, 15) is 5.11 Å². The topological polar surface area (TPSA) is 29.5 Å². The van der Waals surface area contributed by atoms with Gasteiger partial charge in [0.1, 0.15) is 5.75 Å². The van der Waals surface area contributed by atoms with Gasteiger partial charge in [0.2, 0.25) is 0 Å². The summed E-state index contributed by atoms with van der Waals surface area (Å²) in [5.41, 5.74) is 2.05. The van der Waals surface area contributed by atoms with E-state index >= 15 is 0 Å². The Hall–Kier alpha value is -0.540. The molecule has 0 heterocycles. The molecule has 0 atom stereocenters. The van der Waals surface area contributed by atoms with Crippen LogP contribution in [-0.4, -0.2) is 18.8 Å². The number of aliphatic hydroxyl groups excluding tert-OH is 1. The lowest BCUT2D eigenvalue weighted by molar-refractivity contribution is 0.218. The SMILES string of the molecule is COc1c(Br)cc(C(C)(C)CO)cc1C(C)C. The van der Waals surface area contributed by atoms with E-state index in [0.29, 0.717) is 5.92 Å². The van der Waals surface area contributed by atoms with Gasteiger partial charge in [0.25, 0.3) is 0 Å². The van der Waals surface area contributed by atoms with Gasteiger partial charge in [0, 0.05) is 5.41 Å². The lowest BCUT2D eigenvalue weighted by Gasteiger charge is -2.25. The highest BCUT2D eigenvalue weighted by Gasteiger charge is 2.23. The number of methoxy groups -OCH3 is 1. The minimum absolute atomic E-state index is 0.128. The van der Waals surface area contributed by atoms with Gasteiger partial charge < -0.3 is 9.84 Å². The quantitative estimate of drug-likeness (QED) is 0.915. The van der Waals surface area contributed by atoms with Gasteiger partial charge in [0.15, 0.2) is 0 Å². The second-order valence-corrected chi connectivity index (χ2v) is 6.13. The summed E-state index contributed by atoms with van der Waals surface area (Å²) in [6.07, 6.45) is 0. The van der Waals surface area contributed by atoms with Crippen LogP contribution in [0.3, 0.4) is 0 Å². The minimum atomic E-state index is -0.238. The van der Waals surface area contributed by atoms with Crippen LogP contribution in [0.25, 0.3) is 0 Å². The zero-order valence-electron chi connectivity index (χ0n) is 11.2. The normalized spacial score (nSPS) is 12.0. The van der Waals surface area contributed by atoms with Crippen molar-refractivity contribution in [3.63, 3.8) is 0 Å². The second kappa shape index (κ2) is 5.40. The van der Waals surface area contributed by atoms with Crippen molar-refractivity contribution < 1.29 is 9.84 Å². The van der Waals surface area contributed by atoms with Crippen LogP contribution in [0, 0.1) is 0 Å². The summed E-state index contributed by atoms with van der Waals surface area (Å²) in [5, 5.41) is 9.45. The molecule has 1 aromatic rings. The van der Waals surface area contributed by atoms with Crippen LogP contribution in [-0.2, 0) is 5.41 Å². The van der Waals surface area contributed by atoms with E-state index in [1.807, 2.05) is 19.9 Å².